The van der Waals surface area contributed by atoms with Crippen LogP contribution >= 0.6 is 0 Å². The third kappa shape index (κ3) is 5.90. The minimum atomic E-state index is -3.94. The lowest BCUT2D eigenvalue weighted by Gasteiger charge is -2.11. The molecule has 0 heterocycles. The van der Waals surface area contributed by atoms with Gasteiger partial charge in [-0.2, -0.15) is 0 Å². The maximum absolute atomic E-state index is 14.3. The predicted molar refractivity (Wildman–Crippen MR) is 117 cm³/mol. The monoisotopic (exact) mass is 442 g/mol. The summed E-state index contributed by atoms with van der Waals surface area (Å²) < 4.78 is 47.3. The van der Waals surface area contributed by atoms with E-state index in [4.69, 9.17) is 4.74 Å². The molecule has 0 saturated carbocycles. The van der Waals surface area contributed by atoms with Crippen molar-refractivity contribution >= 4 is 21.6 Å². The number of aryl methyl sites for hydroxylation is 1. The van der Waals surface area contributed by atoms with Crippen molar-refractivity contribution in [3.05, 3.63) is 89.2 Å². The van der Waals surface area contributed by atoms with Crippen LogP contribution in [0.2, 0.25) is 0 Å². The van der Waals surface area contributed by atoms with Crippen LogP contribution in [-0.4, -0.2) is 20.9 Å². The SMILES string of the molecule is CCOc1ccc(NC(=O)c2cc(S(=O)(=O)NCc3ccc(C)cc3)ccc2F)cc1. The Bertz CT molecular complexity index is 1160. The van der Waals surface area contributed by atoms with Crippen LogP contribution in [0.25, 0.3) is 0 Å². The van der Waals surface area contributed by atoms with Crippen LogP contribution in [0, 0.1) is 12.7 Å². The van der Waals surface area contributed by atoms with Crippen molar-refractivity contribution in [2.45, 2.75) is 25.3 Å². The fourth-order valence-electron chi connectivity index (χ4n) is 2.81. The molecule has 0 aliphatic rings. The van der Waals surface area contributed by atoms with Gasteiger partial charge in [0.1, 0.15) is 11.6 Å². The number of carbonyl (C=O) groups is 1. The van der Waals surface area contributed by atoms with Gasteiger partial charge < -0.3 is 10.1 Å². The molecule has 31 heavy (non-hydrogen) atoms. The summed E-state index contributed by atoms with van der Waals surface area (Å²) >= 11 is 0. The molecule has 0 saturated heterocycles. The van der Waals surface area contributed by atoms with E-state index in [1.54, 1.807) is 24.3 Å². The fraction of sp³-hybridized carbons (Fsp3) is 0.174. The maximum Gasteiger partial charge on any atom is 0.258 e. The zero-order valence-corrected chi connectivity index (χ0v) is 18.0. The standard InChI is InChI=1S/C23H23FN2O4S/c1-3-30-19-10-8-18(9-11-19)26-23(27)21-14-20(12-13-22(21)24)31(28,29)25-15-17-6-4-16(2)5-7-17/h4-14,25H,3,15H2,1-2H3,(H,26,27). The molecule has 0 unspecified atom stereocenters. The number of hydrogen-bond acceptors (Lipinski definition) is 4. The summed E-state index contributed by atoms with van der Waals surface area (Å²) in [7, 11) is -3.94. The Hall–Kier alpha value is -3.23. The highest BCUT2D eigenvalue weighted by Gasteiger charge is 2.19. The van der Waals surface area contributed by atoms with Gasteiger partial charge >= 0.3 is 0 Å². The first kappa shape index (κ1) is 22.5. The smallest absolute Gasteiger partial charge is 0.258 e. The number of sulfonamides is 1. The van der Waals surface area contributed by atoms with E-state index in [1.807, 2.05) is 38.1 Å². The summed E-state index contributed by atoms with van der Waals surface area (Å²) in [6.07, 6.45) is 0. The molecule has 1 amide bonds. The average molecular weight is 443 g/mol. The Morgan fingerprint density at radius 1 is 1.00 bits per heavy atom. The summed E-state index contributed by atoms with van der Waals surface area (Å²) in [6, 6.07) is 17.1. The minimum Gasteiger partial charge on any atom is -0.494 e. The third-order valence-electron chi connectivity index (χ3n) is 4.50. The van der Waals surface area contributed by atoms with Gasteiger partial charge in [-0.3, -0.25) is 4.79 Å². The van der Waals surface area contributed by atoms with Crippen LogP contribution in [0.1, 0.15) is 28.4 Å². The van der Waals surface area contributed by atoms with Gasteiger partial charge in [0.2, 0.25) is 10.0 Å². The van der Waals surface area contributed by atoms with E-state index in [0.29, 0.717) is 18.0 Å². The lowest BCUT2D eigenvalue weighted by molar-refractivity contribution is 0.102. The second-order valence-corrected chi connectivity index (χ2v) is 8.63. The number of carbonyl (C=O) groups excluding carboxylic acids is 1. The van der Waals surface area contributed by atoms with Gasteiger partial charge in [0.15, 0.2) is 0 Å². The van der Waals surface area contributed by atoms with Gasteiger partial charge in [-0.25, -0.2) is 17.5 Å². The lowest BCUT2D eigenvalue weighted by atomic mass is 10.2. The number of anilines is 1. The zero-order valence-electron chi connectivity index (χ0n) is 17.2. The first-order valence-electron chi connectivity index (χ1n) is 9.67. The quantitative estimate of drug-likeness (QED) is 0.546. The summed E-state index contributed by atoms with van der Waals surface area (Å²) in [5.74, 6) is -0.933. The van der Waals surface area contributed by atoms with Gasteiger partial charge in [0, 0.05) is 12.2 Å². The summed E-state index contributed by atoms with van der Waals surface area (Å²) in [5.41, 5.74) is 1.91. The number of benzene rings is 3. The predicted octanol–water partition coefficient (Wildman–Crippen LogP) is 4.26. The van der Waals surface area contributed by atoms with E-state index in [9.17, 15) is 17.6 Å². The maximum atomic E-state index is 14.3. The van der Waals surface area contributed by atoms with Crippen LogP contribution in [0.5, 0.6) is 5.75 Å². The topological polar surface area (TPSA) is 84.5 Å². The number of halogens is 1. The van der Waals surface area contributed by atoms with Crippen molar-refractivity contribution in [3.63, 3.8) is 0 Å². The van der Waals surface area contributed by atoms with Crippen LogP contribution in [-0.2, 0) is 16.6 Å². The highest BCUT2D eigenvalue weighted by Crippen LogP contribution is 2.19. The molecule has 6 nitrogen and oxygen atoms in total. The number of rotatable bonds is 8. The third-order valence-corrected chi connectivity index (χ3v) is 5.90. The summed E-state index contributed by atoms with van der Waals surface area (Å²) in [5, 5.41) is 2.56. The van der Waals surface area contributed by atoms with Crippen LogP contribution in [0.3, 0.4) is 0 Å². The molecule has 2 N–H and O–H groups in total. The Labute approximate surface area is 181 Å². The fourth-order valence-corrected chi connectivity index (χ4v) is 3.86. The van der Waals surface area contributed by atoms with Crippen LogP contribution < -0.4 is 14.8 Å². The molecule has 0 spiro atoms. The molecule has 0 aliphatic carbocycles. The first-order chi connectivity index (χ1) is 14.8. The van der Waals surface area contributed by atoms with E-state index in [1.165, 1.54) is 0 Å². The van der Waals surface area contributed by atoms with Crippen molar-refractivity contribution in [2.24, 2.45) is 0 Å². The summed E-state index contributed by atoms with van der Waals surface area (Å²) in [4.78, 5) is 12.3. The van der Waals surface area contributed by atoms with Crippen molar-refractivity contribution in [2.75, 3.05) is 11.9 Å². The number of nitrogens with one attached hydrogen (secondary N) is 2. The van der Waals surface area contributed by atoms with Gasteiger partial charge in [-0.15, -0.1) is 0 Å². The zero-order chi connectivity index (χ0) is 22.4. The van der Waals surface area contributed by atoms with Crippen LogP contribution in [0.4, 0.5) is 10.1 Å². The van der Waals surface area contributed by atoms with Gasteiger partial charge in [0.05, 0.1) is 17.1 Å². The molecular weight excluding hydrogens is 419 g/mol. The van der Waals surface area contributed by atoms with E-state index in [-0.39, 0.29) is 17.0 Å². The van der Waals surface area contributed by atoms with E-state index in [0.717, 1.165) is 29.3 Å². The molecule has 0 atom stereocenters. The minimum absolute atomic E-state index is 0.0771. The van der Waals surface area contributed by atoms with E-state index < -0.39 is 21.7 Å². The molecule has 3 rings (SSSR count). The Kier molecular flexibility index (Phi) is 7.04. The number of amides is 1. The Morgan fingerprint density at radius 2 is 1.68 bits per heavy atom. The van der Waals surface area contributed by atoms with Crippen LogP contribution in [0.15, 0.2) is 71.6 Å². The molecule has 0 aromatic heterocycles. The second-order valence-electron chi connectivity index (χ2n) is 6.86. The first-order valence-corrected chi connectivity index (χ1v) is 11.2. The molecule has 3 aromatic rings. The molecule has 0 fully saturated rings. The molecule has 0 bridgehead atoms. The van der Waals surface area contributed by atoms with E-state index >= 15 is 0 Å². The average Bonchev–Trinajstić information content (AvgIpc) is 2.75. The number of ether oxygens (including phenoxy) is 1. The highest BCUT2D eigenvalue weighted by atomic mass is 32.2. The number of hydrogen-bond donors (Lipinski definition) is 2. The molecule has 0 aliphatic heterocycles. The van der Waals surface area contributed by atoms with Gasteiger partial charge in [-0.05, 0) is 61.9 Å². The van der Waals surface area contributed by atoms with Gasteiger partial charge in [-0.1, -0.05) is 29.8 Å². The molecule has 3 aromatic carbocycles. The molecular formula is C23H23FN2O4S. The van der Waals surface area contributed by atoms with Crippen molar-refractivity contribution in [1.82, 2.24) is 4.72 Å². The van der Waals surface area contributed by atoms with Gasteiger partial charge in [0.25, 0.3) is 5.91 Å². The normalized spacial score (nSPS) is 11.2. The Balaban J connectivity index is 1.75. The molecule has 0 radical (unpaired) electrons. The van der Waals surface area contributed by atoms with Crippen molar-refractivity contribution < 1.29 is 22.3 Å². The lowest BCUT2D eigenvalue weighted by Crippen LogP contribution is -2.24. The molecule has 162 valence electrons. The van der Waals surface area contributed by atoms with E-state index in [2.05, 4.69) is 10.0 Å². The van der Waals surface area contributed by atoms with Crippen molar-refractivity contribution in [3.8, 4) is 5.75 Å². The largest absolute Gasteiger partial charge is 0.494 e. The summed E-state index contributed by atoms with van der Waals surface area (Å²) in [6.45, 7) is 4.38. The highest BCUT2D eigenvalue weighted by molar-refractivity contribution is 7.89. The Morgan fingerprint density at radius 3 is 2.32 bits per heavy atom. The second kappa shape index (κ2) is 9.72. The molecule has 8 heteroatoms. The van der Waals surface area contributed by atoms with Crippen molar-refractivity contribution in [1.29, 1.82) is 0 Å².